The van der Waals surface area contributed by atoms with Crippen LogP contribution < -0.4 is 0 Å². The standard InChI is InChI=1S/3C22H18O2/c3*1-11(2)16-17-12-7-3-4-8-13(12)18(16)20-19(17)21(23)14-9-5-6-10-15(14)22(20)24/h3*3-10,17-20H,1-2H3/t3*17-,18+,19+,20-. The Morgan fingerprint density at radius 2 is 0.375 bits per heavy atom. The second kappa shape index (κ2) is 16.0. The van der Waals surface area contributed by atoms with Crippen LogP contribution in [-0.4, -0.2) is 34.7 Å². The van der Waals surface area contributed by atoms with Gasteiger partial charge in [0, 0.05) is 104 Å². The minimum absolute atomic E-state index is 0.0750. The SMILES string of the molecule is CC(C)=C1[C@@H]2c3ccccc3[C@H]1[C@@H]1C(=O)c3ccccc3C(=O)[C@@H]12.CC(C)=C1[C@@H]2c3ccccc3[C@H]1[C@@H]1C(=O)c3ccccc3C(=O)[C@@H]12.CC(C)=C1[C@@H]2c3ccccc3[C@H]1[C@@H]1C(=O)c3ccccc3C(=O)[C@@H]12. The van der Waals surface area contributed by atoms with Crippen LogP contribution in [0.5, 0.6) is 0 Å². The Hall–Kier alpha value is -7.44. The van der Waals surface area contributed by atoms with Crippen molar-refractivity contribution >= 4 is 34.7 Å². The summed E-state index contributed by atoms with van der Waals surface area (Å²) in [6.07, 6.45) is 0. The lowest BCUT2D eigenvalue weighted by molar-refractivity contribution is 0.0732. The smallest absolute Gasteiger partial charge is 0.168 e. The molecule has 0 spiro atoms. The lowest BCUT2D eigenvalue weighted by Crippen LogP contribution is -2.39. The zero-order chi connectivity index (χ0) is 49.8. The Bertz CT molecular complexity index is 3000. The number of ketones is 6. The molecule has 12 atom stereocenters. The van der Waals surface area contributed by atoms with Crippen molar-refractivity contribution in [2.45, 2.75) is 77.0 Å². The van der Waals surface area contributed by atoms with Gasteiger partial charge in [0.2, 0.25) is 0 Å². The second-order valence-electron chi connectivity index (χ2n) is 22.1. The Morgan fingerprint density at radius 3 is 0.514 bits per heavy atom. The molecular weight excluding hydrogens is 889 g/mol. The van der Waals surface area contributed by atoms with Crippen LogP contribution in [0.25, 0.3) is 0 Å². The van der Waals surface area contributed by atoms with Gasteiger partial charge >= 0.3 is 0 Å². The van der Waals surface area contributed by atoms with Gasteiger partial charge in [-0.05, 0) is 74.9 Å². The summed E-state index contributed by atoms with van der Waals surface area (Å²) in [4.78, 5) is 79.4. The highest BCUT2D eigenvalue weighted by molar-refractivity contribution is 6.20. The fourth-order valence-corrected chi connectivity index (χ4v) is 16.0. The summed E-state index contributed by atoms with van der Waals surface area (Å²) in [5.41, 5.74) is 18.8. The average molecular weight is 943 g/mol. The third-order valence-electron chi connectivity index (χ3n) is 18.2. The van der Waals surface area contributed by atoms with Gasteiger partial charge in [0.25, 0.3) is 0 Å². The van der Waals surface area contributed by atoms with E-state index in [9.17, 15) is 28.8 Å². The fourth-order valence-electron chi connectivity index (χ4n) is 16.0. The summed E-state index contributed by atoms with van der Waals surface area (Å²) in [6, 6.07) is 47.1. The topological polar surface area (TPSA) is 102 Å². The van der Waals surface area contributed by atoms with Gasteiger partial charge < -0.3 is 0 Å². The highest BCUT2D eigenvalue weighted by Gasteiger charge is 2.64. The first-order valence-corrected chi connectivity index (χ1v) is 25.6. The predicted octanol–water partition coefficient (Wildman–Crippen LogP) is 13.6. The third-order valence-corrected chi connectivity index (χ3v) is 18.2. The predicted molar refractivity (Wildman–Crippen MR) is 277 cm³/mol. The van der Waals surface area contributed by atoms with Crippen LogP contribution >= 0.6 is 0 Å². The van der Waals surface area contributed by atoms with Gasteiger partial charge in [-0.3, -0.25) is 28.8 Å². The van der Waals surface area contributed by atoms with Crippen LogP contribution in [0.2, 0.25) is 0 Å². The van der Waals surface area contributed by atoms with Gasteiger partial charge in [-0.25, -0.2) is 0 Å². The summed E-state index contributed by atoms with van der Waals surface area (Å²) >= 11 is 0. The zero-order valence-electron chi connectivity index (χ0n) is 41.2. The van der Waals surface area contributed by atoms with Crippen LogP contribution in [0, 0.1) is 35.5 Å². The molecule has 0 saturated heterocycles. The molecule has 6 aromatic rings. The number of hydrogen-bond donors (Lipinski definition) is 0. The molecule has 6 aromatic carbocycles. The molecule has 0 aliphatic heterocycles. The molecule has 6 heteroatoms. The van der Waals surface area contributed by atoms with E-state index in [1.807, 2.05) is 109 Å². The molecule has 72 heavy (non-hydrogen) atoms. The number of fused-ring (bicyclic) bond motifs is 27. The molecule has 0 unspecified atom stereocenters. The van der Waals surface area contributed by atoms with Crippen molar-refractivity contribution in [2.75, 3.05) is 0 Å². The molecule has 9 aliphatic carbocycles. The van der Waals surface area contributed by atoms with Gasteiger partial charge in [-0.1, -0.05) is 179 Å². The van der Waals surface area contributed by atoms with Crippen molar-refractivity contribution in [3.8, 4) is 0 Å². The molecule has 15 rings (SSSR count). The third kappa shape index (κ3) is 5.78. The van der Waals surface area contributed by atoms with E-state index in [4.69, 9.17) is 0 Å². The number of rotatable bonds is 0. The lowest BCUT2D eigenvalue weighted by atomic mass is 9.66. The number of carbonyl (C=O) groups is 6. The van der Waals surface area contributed by atoms with Crippen LogP contribution in [-0.2, 0) is 0 Å². The van der Waals surface area contributed by atoms with E-state index in [1.54, 1.807) is 0 Å². The normalized spacial score (nSPS) is 29.3. The average Bonchev–Trinajstić information content (AvgIpc) is 4.25. The second-order valence-corrected chi connectivity index (χ2v) is 22.1. The number of allylic oxidation sites excluding steroid dienone is 6. The van der Waals surface area contributed by atoms with Crippen molar-refractivity contribution in [2.24, 2.45) is 35.5 Å². The molecule has 9 aliphatic rings. The molecule has 3 fully saturated rings. The number of hydrogen-bond acceptors (Lipinski definition) is 6. The van der Waals surface area contributed by atoms with Gasteiger partial charge in [0.05, 0.1) is 0 Å². The Morgan fingerprint density at radius 1 is 0.236 bits per heavy atom. The molecule has 6 nitrogen and oxygen atoms in total. The quantitative estimate of drug-likeness (QED) is 0.141. The van der Waals surface area contributed by atoms with Gasteiger partial charge in [-0.2, -0.15) is 0 Å². The van der Waals surface area contributed by atoms with Crippen LogP contribution in [0.4, 0.5) is 0 Å². The maximum atomic E-state index is 13.2. The zero-order valence-corrected chi connectivity index (χ0v) is 41.2. The number of Topliss-reactive ketones (excluding diaryl/α,β-unsaturated/α-hetero) is 6. The maximum absolute atomic E-state index is 13.2. The minimum atomic E-state index is -0.225. The van der Waals surface area contributed by atoms with E-state index in [0.717, 1.165) is 0 Å². The van der Waals surface area contributed by atoms with Gasteiger partial charge in [-0.15, -0.1) is 0 Å². The molecule has 0 heterocycles. The molecule has 3 saturated carbocycles. The van der Waals surface area contributed by atoms with Crippen LogP contribution in [0.3, 0.4) is 0 Å². The van der Waals surface area contributed by atoms with Crippen LogP contribution in [0.1, 0.15) is 173 Å². The first-order chi connectivity index (χ1) is 34.8. The molecule has 6 bridgehead atoms. The Labute approximate surface area is 420 Å². The van der Waals surface area contributed by atoms with Crippen molar-refractivity contribution in [3.05, 3.63) is 246 Å². The summed E-state index contributed by atoms with van der Waals surface area (Å²) in [5.74, 6) is -0.00467. The molecule has 0 N–H and O–H groups in total. The molecule has 0 radical (unpaired) electrons. The van der Waals surface area contributed by atoms with E-state index >= 15 is 0 Å². The van der Waals surface area contributed by atoms with Gasteiger partial charge in [0.15, 0.2) is 34.7 Å². The molecule has 0 aromatic heterocycles. The largest absolute Gasteiger partial charge is 0.294 e. The van der Waals surface area contributed by atoms with Crippen LogP contribution in [0.15, 0.2) is 179 Å². The fraction of sp³-hybridized carbons (Fsp3) is 0.273. The number of carbonyl (C=O) groups excluding carboxylic acids is 6. The number of benzene rings is 6. The first kappa shape index (κ1) is 44.5. The highest BCUT2D eigenvalue weighted by Crippen LogP contribution is 2.68. The monoisotopic (exact) mass is 942 g/mol. The van der Waals surface area contributed by atoms with E-state index < -0.39 is 0 Å². The minimum Gasteiger partial charge on any atom is -0.294 e. The van der Waals surface area contributed by atoms with Crippen molar-refractivity contribution in [1.29, 1.82) is 0 Å². The maximum Gasteiger partial charge on any atom is 0.168 e. The van der Waals surface area contributed by atoms with Crippen molar-refractivity contribution < 1.29 is 28.8 Å². The molecule has 354 valence electrons. The summed E-state index contributed by atoms with van der Waals surface area (Å²) < 4.78 is 0. The lowest BCUT2D eigenvalue weighted by Gasteiger charge is -2.34. The van der Waals surface area contributed by atoms with E-state index in [0.29, 0.717) is 33.4 Å². The van der Waals surface area contributed by atoms with E-state index in [1.165, 1.54) is 66.8 Å². The Kier molecular flexibility index (Phi) is 9.91. The van der Waals surface area contributed by atoms with Gasteiger partial charge in [0.1, 0.15) is 0 Å². The van der Waals surface area contributed by atoms with E-state index in [-0.39, 0.29) is 106 Å². The van der Waals surface area contributed by atoms with Crippen molar-refractivity contribution in [1.82, 2.24) is 0 Å². The molecule has 0 amide bonds. The van der Waals surface area contributed by atoms with E-state index in [2.05, 4.69) is 77.9 Å². The Balaban J connectivity index is 0.000000105. The van der Waals surface area contributed by atoms with Crippen molar-refractivity contribution in [3.63, 3.8) is 0 Å². The summed E-state index contributed by atoms with van der Waals surface area (Å²) in [6.45, 7) is 12.7. The first-order valence-electron chi connectivity index (χ1n) is 25.6. The highest BCUT2D eigenvalue weighted by atomic mass is 16.2. The summed E-state index contributed by atoms with van der Waals surface area (Å²) in [7, 11) is 0. The summed E-state index contributed by atoms with van der Waals surface area (Å²) in [5, 5.41) is 0. The molecular formula is C66H54O6.